The topological polar surface area (TPSA) is 71.4 Å². The lowest BCUT2D eigenvalue weighted by atomic mass is 10.1. The average molecular weight is 530 g/mol. The number of amides is 3. The van der Waals surface area contributed by atoms with Crippen LogP contribution in [-0.4, -0.2) is 33.1 Å². The van der Waals surface area contributed by atoms with Gasteiger partial charge in [0.2, 0.25) is 5.91 Å². The Morgan fingerprint density at radius 3 is 2.57 bits per heavy atom. The van der Waals surface area contributed by atoms with Crippen LogP contribution in [0.3, 0.4) is 0 Å². The van der Waals surface area contributed by atoms with Crippen LogP contribution in [0.25, 0.3) is 17.0 Å². The van der Waals surface area contributed by atoms with Crippen molar-refractivity contribution in [2.75, 3.05) is 11.9 Å². The van der Waals surface area contributed by atoms with Gasteiger partial charge in [0.15, 0.2) is 0 Å². The molecule has 0 unspecified atom stereocenters. The van der Waals surface area contributed by atoms with Crippen LogP contribution in [0.15, 0.2) is 77.8 Å². The minimum atomic E-state index is -0.472. The number of nitrogens with zero attached hydrogens (tertiary/aromatic N) is 2. The molecule has 1 aromatic heterocycles. The van der Waals surface area contributed by atoms with E-state index in [2.05, 4.69) is 9.88 Å². The van der Waals surface area contributed by atoms with Crippen molar-refractivity contribution in [3.8, 4) is 0 Å². The van der Waals surface area contributed by atoms with Crippen molar-refractivity contribution in [1.29, 1.82) is 0 Å². The minimum absolute atomic E-state index is 0.291. The number of imide groups is 1. The second-order valence-electron chi connectivity index (χ2n) is 8.99. The van der Waals surface area contributed by atoms with Crippen LogP contribution in [0.2, 0.25) is 5.02 Å². The fraction of sp³-hybridized carbons (Fsp3) is 0.138. The van der Waals surface area contributed by atoms with Crippen molar-refractivity contribution in [2.24, 2.45) is 0 Å². The van der Waals surface area contributed by atoms with E-state index in [1.807, 2.05) is 86.8 Å². The number of halogens is 1. The second kappa shape index (κ2) is 10.3. The van der Waals surface area contributed by atoms with Crippen LogP contribution in [0.4, 0.5) is 10.5 Å². The van der Waals surface area contributed by atoms with Gasteiger partial charge in [0.1, 0.15) is 6.54 Å². The zero-order valence-corrected chi connectivity index (χ0v) is 21.9. The number of fused-ring (bicyclic) bond motifs is 1. The van der Waals surface area contributed by atoms with E-state index in [9.17, 15) is 14.4 Å². The summed E-state index contributed by atoms with van der Waals surface area (Å²) in [7, 11) is 0. The highest BCUT2D eigenvalue weighted by atomic mass is 35.5. The summed E-state index contributed by atoms with van der Waals surface area (Å²) in [6, 6.07) is 21.3. The molecule has 8 heteroatoms. The van der Waals surface area contributed by atoms with Crippen molar-refractivity contribution < 1.29 is 14.4 Å². The normalized spacial score (nSPS) is 14.7. The first-order valence-electron chi connectivity index (χ1n) is 11.7. The molecule has 186 valence electrons. The first-order chi connectivity index (χ1) is 17.8. The molecule has 0 saturated carbocycles. The Morgan fingerprint density at radius 1 is 1.03 bits per heavy atom. The van der Waals surface area contributed by atoms with Gasteiger partial charge in [-0.1, -0.05) is 54.1 Å². The molecular weight excluding hydrogens is 506 g/mol. The van der Waals surface area contributed by atoms with Gasteiger partial charge in [0.25, 0.3) is 11.1 Å². The number of para-hydroxylation sites is 1. The first kappa shape index (κ1) is 24.9. The highest BCUT2D eigenvalue weighted by Gasteiger charge is 2.36. The zero-order chi connectivity index (χ0) is 26.1. The number of carbonyl (C=O) groups is 3. The van der Waals surface area contributed by atoms with Gasteiger partial charge < -0.3 is 9.88 Å². The summed E-state index contributed by atoms with van der Waals surface area (Å²) in [4.78, 5) is 39.7. The summed E-state index contributed by atoms with van der Waals surface area (Å²) in [6.07, 6.45) is 3.70. The van der Waals surface area contributed by atoms with Gasteiger partial charge >= 0.3 is 0 Å². The third-order valence-electron chi connectivity index (χ3n) is 6.21. The molecule has 0 radical (unpaired) electrons. The SMILES string of the molecule is Cc1ccc(C)c(NC(=O)CN2C(=O)S/C(=C\c3cn(Cc4ccc(Cl)cc4)c4ccccc34)C2=O)c1. The Bertz CT molecular complexity index is 1570. The van der Waals surface area contributed by atoms with Crippen molar-refractivity contribution in [2.45, 2.75) is 20.4 Å². The maximum absolute atomic E-state index is 13.1. The largest absolute Gasteiger partial charge is 0.342 e. The van der Waals surface area contributed by atoms with Crippen LogP contribution in [0.5, 0.6) is 0 Å². The van der Waals surface area contributed by atoms with Crippen molar-refractivity contribution in [3.05, 3.63) is 105 Å². The molecule has 5 rings (SSSR count). The molecule has 3 amide bonds. The second-order valence-corrected chi connectivity index (χ2v) is 10.4. The van der Waals surface area contributed by atoms with E-state index in [0.29, 0.717) is 22.2 Å². The van der Waals surface area contributed by atoms with Gasteiger partial charge in [-0.2, -0.15) is 0 Å². The van der Waals surface area contributed by atoms with E-state index in [0.717, 1.165) is 49.8 Å². The fourth-order valence-electron chi connectivity index (χ4n) is 4.29. The van der Waals surface area contributed by atoms with E-state index in [1.165, 1.54) is 0 Å². The molecule has 3 aromatic carbocycles. The Labute approximate surface area is 223 Å². The van der Waals surface area contributed by atoms with E-state index in [-0.39, 0.29) is 6.54 Å². The molecule has 1 saturated heterocycles. The van der Waals surface area contributed by atoms with Crippen molar-refractivity contribution in [1.82, 2.24) is 9.47 Å². The van der Waals surface area contributed by atoms with Gasteiger partial charge in [-0.05, 0) is 72.6 Å². The van der Waals surface area contributed by atoms with Crippen molar-refractivity contribution in [3.63, 3.8) is 0 Å². The number of benzene rings is 3. The molecule has 6 nitrogen and oxygen atoms in total. The number of anilines is 1. The number of rotatable bonds is 6. The molecular formula is C29H24ClN3O3S. The molecule has 1 N–H and O–H groups in total. The maximum Gasteiger partial charge on any atom is 0.294 e. The van der Waals surface area contributed by atoms with Crippen LogP contribution in [0.1, 0.15) is 22.3 Å². The molecule has 1 aliphatic rings. The molecule has 1 fully saturated rings. The summed E-state index contributed by atoms with van der Waals surface area (Å²) >= 11 is 6.87. The lowest BCUT2D eigenvalue weighted by molar-refractivity contribution is -0.127. The first-order valence-corrected chi connectivity index (χ1v) is 12.9. The Hall–Kier alpha value is -3.81. The molecule has 2 heterocycles. The van der Waals surface area contributed by atoms with Gasteiger partial charge in [-0.3, -0.25) is 19.3 Å². The summed E-state index contributed by atoms with van der Waals surface area (Å²) in [6.45, 7) is 4.11. The maximum atomic E-state index is 13.1. The summed E-state index contributed by atoms with van der Waals surface area (Å²) in [5.74, 6) is -0.891. The Kier molecular flexibility index (Phi) is 6.91. The highest BCUT2D eigenvalue weighted by molar-refractivity contribution is 8.18. The smallest absolute Gasteiger partial charge is 0.294 e. The summed E-state index contributed by atoms with van der Waals surface area (Å²) < 4.78 is 2.10. The lowest BCUT2D eigenvalue weighted by Gasteiger charge is -2.14. The standard InChI is InChI=1S/C29H24ClN3O3S/c1-18-7-8-19(2)24(13-18)31-27(34)17-33-28(35)26(37-29(33)36)14-21-16-32(25-6-4-3-5-23(21)25)15-20-9-11-22(30)12-10-20/h3-14,16H,15,17H2,1-2H3,(H,31,34)/b26-14-. The number of hydrogen-bond acceptors (Lipinski definition) is 4. The molecule has 0 aliphatic carbocycles. The number of aryl methyl sites for hydroxylation is 2. The number of aromatic nitrogens is 1. The number of carbonyl (C=O) groups excluding carboxylic acids is 3. The van der Waals surface area contributed by atoms with Gasteiger partial charge in [0, 0.05) is 39.9 Å². The summed E-state index contributed by atoms with van der Waals surface area (Å²) in [5, 5.41) is 4.00. The van der Waals surface area contributed by atoms with Crippen molar-refractivity contribution >= 4 is 63.1 Å². The molecule has 0 atom stereocenters. The molecule has 0 bridgehead atoms. The molecule has 4 aromatic rings. The summed E-state index contributed by atoms with van der Waals surface area (Å²) in [5.41, 5.74) is 5.51. The number of nitrogens with one attached hydrogen (secondary N) is 1. The van der Waals surface area contributed by atoms with Gasteiger partial charge in [0.05, 0.1) is 4.91 Å². The van der Waals surface area contributed by atoms with Crippen LogP contribution < -0.4 is 5.32 Å². The molecule has 1 aliphatic heterocycles. The monoisotopic (exact) mass is 529 g/mol. The highest BCUT2D eigenvalue weighted by Crippen LogP contribution is 2.34. The van der Waals surface area contributed by atoms with Crippen LogP contribution >= 0.6 is 23.4 Å². The minimum Gasteiger partial charge on any atom is -0.342 e. The fourth-order valence-corrected chi connectivity index (χ4v) is 5.24. The van der Waals surface area contributed by atoms with E-state index >= 15 is 0 Å². The number of hydrogen-bond donors (Lipinski definition) is 1. The Morgan fingerprint density at radius 2 is 1.78 bits per heavy atom. The predicted molar refractivity (Wildman–Crippen MR) is 150 cm³/mol. The number of thioether (sulfide) groups is 1. The zero-order valence-electron chi connectivity index (χ0n) is 20.3. The third kappa shape index (κ3) is 5.33. The molecule has 0 spiro atoms. The average Bonchev–Trinajstić information content (AvgIpc) is 3.34. The van der Waals surface area contributed by atoms with Gasteiger partial charge in [-0.15, -0.1) is 0 Å². The Balaban J connectivity index is 1.37. The molecule has 37 heavy (non-hydrogen) atoms. The van der Waals surface area contributed by atoms with Crippen LogP contribution in [0, 0.1) is 13.8 Å². The van der Waals surface area contributed by atoms with E-state index in [4.69, 9.17) is 11.6 Å². The third-order valence-corrected chi connectivity index (χ3v) is 7.37. The van der Waals surface area contributed by atoms with Gasteiger partial charge in [-0.25, -0.2) is 0 Å². The van der Waals surface area contributed by atoms with Crippen LogP contribution in [-0.2, 0) is 16.1 Å². The quantitative estimate of drug-likeness (QED) is 0.284. The lowest BCUT2D eigenvalue weighted by Crippen LogP contribution is -2.36. The predicted octanol–water partition coefficient (Wildman–Crippen LogP) is 6.63. The van der Waals surface area contributed by atoms with E-state index < -0.39 is 17.1 Å². The van der Waals surface area contributed by atoms with E-state index in [1.54, 1.807) is 6.08 Å².